The third-order valence-corrected chi connectivity index (χ3v) is 2.85. The largest absolute Gasteiger partial charge is 0.394 e. The lowest BCUT2D eigenvalue weighted by Gasteiger charge is -2.30. The number of nitrogens with one attached hydrogen (secondary N) is 1. The Balaban J connectivity index is 2.54. The van der Waals surface area contributed by atoms with E-state index in [-0.39, 0.29) is 12.1 Å². The molecule has 1 aromatic rings. The van der Waals surface area contributed by atoms with Crippen molar-refractivity contribution in [2.75, 3.05) is 6.61 Å². The van der Waals surface area contributed by atoms with Crippen molar-refractivity contribution in [1.29, 1.82) is 0 Å². The monoisotopic (exact) mass is 213 g/mol. The van der Waals surface area contributed by atoms with Gasteiger partial charge in [-0.2, -0.15) is 4.98 Å². The maximum Gasteiger partial charge on any atom is 0.223 e. The molecule has 0 saturated carbocycles. The van der Waals surface area contributed by atoms with Crippen LogP contribution in [-0.2, 0) is 6.54 Å². The first-order valence-corrected chi connectivity index (χ1v) is 5.31. The van der Waals surface area contributed by atoms with Crippen LogP contribution in [-0.4, -0.2) is 27.4 Å². The summed E-state index contributed by atoms with van der Waals surface area (Å²) in [6.45, 7) is 6.51. The quantitative estimate of drug-likeness (QED) is 0.738. The maximum absolute atomic E-state index is 9.33. The molecule has 1 aromatic heterocycles. The van der Waals surface area contributed by atoms with Crippen LogP contribution >= 0.6 is 0 Å². The molecule has 2 N–H and O–H groups in total. The lowest BCUT2D eigenvalue weighted by molar-refractivity contribution is 0.148. The minimum absolute atomic E-state index is 0.122. The highest BCUT2D eigenvalue weighted by Crippen LogP contribution is 2.14. The third kappa shape index (κ3) is 3.00. The van der Waals surface area contributed by atoms with Crippen LogP contribution in [0.5, 0.6) is 0 Å². The fraction of sp³-hybridized carbons (Fsp3) is 0.800. The lowest BCUT2D eigenvalue weighted by Crippen LogP contribution is -2.47. The van der Waals surface area contributed by atoms with Crippen molar-refractivity contribution in [3.63, 3.8) is 0 Å². The molecule has 0 aromatic carbocycles. The molecule has 0 aliphatic heterocycles. The highest BCUT2D eigenvalue weighted by atomic mass is 16.5. The van der Waals surface area contributed by atoms with Gasteiger partial charge in [0.2, 0.25) is 5.89 Å². The van der Waals surface area contributed by atoms with Crippen molar-refractivity contribution in [1.82, 2.24) is 15.5 Å². The molecule has 0 amide bonds. The molecule has 0 unspecified atom stereocenters. The van der Waals surface area contributed by atoms with E-state index in [9.17, 15) is 5.11 Å². The summed E-state index contributed by atoms with van der Waals surface area (Å²) in [7, 11) is 0. The van der Waals surface area contributed by atoms with Crippen LogP contribution in [0.1, 0.15) is 38.4 Å². The van der Waals surface area contributed by atoms with E-state index in [0.29, 0.717) is 18.3 Å². The van der Waals surface area contributed by atoms with E-state index in [4.69, 9.17) is 4.52 Å². The molecular formula is C10H19N3O2. The molecule has 5 heteroatoms. The summed E-state index contributed by atoms with van der Waals surface area (Å²) in [5, 5.41) is 16.4. The Labute approximate surface area is 89.9 Å². The molecule has 0 saturated heterocycles. The zero-order valence-corrected chi connectivity index (χ0v) is 9.58. The van der Waals surface area contributed by atoms with Crippen LogP contribution in [0.2, 0.25) is 0 Å². The number of aromatic nitrogens is 2. The Kier molecular flexibility index (Phi) is 4.23. The average Bonchev–Trinajstić information content (AvgIpc) is 2.67. The highest BCUT2D eigenvalue weighted by Gasteiger charge is 2.24. The molecule has 15 heavy (non-hydrogen) atoms. The minimum atomic E-state index is -0.228. The van der Waals surface area contributed by atoms with Gasteiger partial charge in [0, 0.05) is 12.5 Å². The van der Waals surface area contributed by atoms with Gasteiger partial charge in [-0.05, 0) is 12.8 Å². The van der Waals surface area contributed by atoms with Gasteiger partial charge in [-0.3, -0.25) is 0 Å². The Bertz CT molecular complexity index is 286. The number of aryl methyl sites for hydroxylation is 1. The van der Waals surface area contributed by atoms with Crippen LogP contribution in [0.25, 0.3) is 0 Å². The molecule has 0 spiro atoms. The molecule has 0 aliphatic carbocycles. The molecule has 0 fully saturated rings. The summed E-state index contributed by atoms with van der Waals surface area (Å²) in [6.07, 6.45) is 1.74. The summed E-state index contributed by atoms with van der Waals surface area (Å²) in [5.41, 5.74) is -0.228. The Morgan fingerprint density at radius 2 is 2.07 bits per heavy atom. The van der Waals surface area contributed by atoms with Gasteiger partial charge in [0.1, 0.15) is 0 Å². The second-order valence-electron chi connectivity index (χ2n) is 3.73. The Morgan fingerprint density at radius 1 is 1.40 bits per heavy atom. The van der Waals surface area contributed by atoms with Crippen molar-refractivity contribution in [2.24, 2.45) is 0 Å². The van der Waals surface area contributed by atoms with Crippen molar-refractivity contribution < 1.29 is 9.63 Å². The number of nitrogens with zero attached hydrogens (tertiary/aromatic N) is 2. The van der Waals surface area contributed by atoms with Gasteiger partial charge in [0.25, 0.3) is 0 Å². The Hall–Kier alpha value is -0.940. The lowest BCUT2D eigenvalue weighted by atomic mass is 9.94. The second kappa shape index (κ2) is 5.23. The molecular weight excluding hydrogens is 194 g/mol. The van der Waals surface area contributed by atoms with E-state index in [1.165, 1.54) is 0 Å². The molecule has 0 aliphatic rings. The first-order chi connectivity index (χ1) is 7.15. The number of rotatable bonds is 6. The Morgan fingerprint density at radius 3 is 2.47 bits per heavy atom. The van der Waals surface area contributed by atoms with Gasteiger partial charge in [0.05, 0.1) is 13.2 Å². The molecule has 1 rings (SSSR count). The summed E-state index contributed by atoms with van der Waals surface area (Å²) in [6, 6.07) is 0. The van der Waals surface area contributed by atoms with Crippen LogP contribution in [0, 0.1) is 6.92 Å². The first kappa shape index (κ1) is 12.1. The van der Waals surface area contributed by atoms with Gasteiger partial charge in [-0.1, -0.05) is 19.0 Å². The highest BCUT2D eigenvalue weighted by molar-refractivity contribution is 4.89. The van der Waals surface area contributed by atoms with Crippen molar-refractivity contribution >= 4 is 0 Å². The van der Waals surface area contributed by atoms with Gasteiger partial charge < -0.3 is 14.9 Å². The minimum Gasteiger partial charge on any atom is -0.394 e. The molecule has 0 radical (unpaired) electrons. The summed E-state index contributed by atoms with van der Waals surface area (Å²) in [4.78, 5) is 4.09. The summed E-state index contributed by atoms with van der Waals surface area (Å²) >= 11 is 0. The average molecular weight is 213 g/mol. The van der Waals surface area contributed by atoms with Crippen LogP contribution < -0.4 is 5.32 Å². The summed E-state index contributed by atoms with van der Waals surface area (Å²) in [5.74, 6) is 1.20. The van der Waals surface area contributed by atoms with Gasteiger partial charge >= 0.3 is 0 Å². The predicted octanol–water partition coefficient (Wildman–Crippen LogP) is 1.02. The second-order valence-corrected chi connectivity index (χ2v) is 3.73. The van der Waals surface area contributed by atoms with Crippen LogP contribution in [0.15, 0.2) is 4.52 Å². The number of hydrogen-bond donors (Lipinski definition) is 2. The van der Waals surface area contributed by atoms with E-state index in [1.807, 2.05) is 13.8 Å². The van der Waals surface area contributed by atoms with E-state index >= 15 is 0 Å². The van der Waals surface area contributed by atoms with Crippen molar-refractivity contribution in [3.05, 3.63) is 11.7 Å². The summed E-state index contributed by atoms with van der Waals surface area (Å²) < 4.78 is 4.87. The van der Waals surface area contributed by atoms with Gasteiger partial charge in [0.15, 0.2) is 5.82 Å². The van der Waals surface area contributed by atoms with Crippen LogP contribution in [0.3, 0.4) is 0 Å². The first-order valence-electron chi connectivity index (χ1n) is 5.31. The fourth-order valence-electron chi connectivity index (χ4n) is 1.46. The van der Waals surface area contributed by atoms with E-state index < -0.39 is 0 Å². The normalized spacial score (nSPS) is 12.0. The molecule has 0 atom stereocenters. The zero-order chi connectivity index (χ0) is 11.3. The van der Waals surface area contributed by atoms with Crippen molar-refractivity contribution in [2.45, 2.75) is 45.7 Å². The predicted molar refractivity (Wildman–Crippen MR) is 56.3 cm³/mol. The van der Waals surface area contributed by atoms with Gasteiger partial charge in [-0.15, -0.1) is 0 Å². The third-order valence-electron chi connectivity index (χ3n) is 2.85. The number of hydrogen-bond acceptors (Lipinski definition) is 5. The van der Waals surface area contributed by atoms with Crippen molar-refractivity contribution in [3.8, 4) is 0 Å². The van der Waals surface area contributed by atoms with E-state index in [2.05, 4.69) is 15.5 Å². The topological polar surface area (TPSA) is 71.2 Å². The fourth-order valence-corrected chi connectivity index (χ4v) is 1.46. The SMILES string of the molecule is CCC(CC)(CO)NCc1noc(C)n1. The van der Waals surface area contributed by atoms with E-state index in [1.54, 1.807) is 6.92 Å². The molecule has 0 bridgehead atoms. The number of aliphatic hydroxyl groups is 1. The smallest absolute Gasteiger partial charge is 0.223 e. The molecule has 86 valence electrons. The molecule has 1 heterocycles. The van der Waals surface area contributed by atoms with Gasteiger partial charge in [-0.25, -0.2) is 0 Å². The van der Waals surface area contributed by atoms with E-state index in [0.717, 1.165) is 12.8 Å². The molecule has 5 nitrogen and oxygen atoms in total. The maximum atomic E-state index is 9.33. The van der Waals surface area contributed by atoms with Crippen LogP contribution in [0.4, 0.5) is 0 Å². The standard InChI is InChI=1S/C10H19N3O2/c1-4-10(5-2,7-14)11-6-9-12-8(3)15-13-9/h11,14H,4-7H2,1-3H3. The number of aliphatic hydroxyl groups excluding tert-OH is 1. The zero-order valence-electron chi connectivity index (χ0n) is 9.58.